The van der Waals surface area contributed by atoms with Crippen LogP contribution in [0.2, 0.25) is 0 Å². The predicted molar refractivity (Wildman–Crippen MR) is 343 cm³/mol. The van der Waals surface area contributed by atoms with Crippen LogP contribution in [0.4, 0.5) is 0 Å². The summed E-state index contributed by atoms with van der Waals surface area (Å²) >= 11 is 0. The Morgan fingerprint density at radius 2 is 1.11 bits per heavy atom. The highest BCUT2D eigenvalue weighted by Crippen LogP contribution is 2.28. The van der Waals surface area contributed by atoms with Crippen molar-refractivity contribution in [1.82, 2.24) is 58.5 Å². The van der Waals surface area contributed by atoms with Crippen LogP contribution in [0.15, 0.2) is 35.3 Å². The van der Waals surface area contributed by atoms with Gasteiger partial charge in [-0.1, -0.05) is 131 Å². The van der Waals surface area contributed by atoms with Gasteiger partial charge in [-0.25, -0.2) is 4.79 Å². The number of likely N-dealkylation sites (N-methyl/N-ethyl adjacent to an activating group) is 1. The number of carbonyl (C=O) groups excluding carboxylic acids is 12. The molecule has 1 aliphatic heterocycles. The molecule has 0 radical (unpaired) electrons. The van der Waals surface area contributed by atoms with E-state index in [-0.39, 0.29) is 50.5 Å². The Hall–Kier alpha value is -7.95. The maximum Gasteiger partial charge on any atom is 0.329 e. The Morgan fingerprint density at radius 1 is 0.609 bits per heavy atom. The molecule has 2 aliphatic rings. The van der Waals surface area contributed by atoms with Crippen molar-refractivity contribution in [2.45, 2.75) is 232 Å². The van der Waals surface area contributed by atoms with E-state index in [2.05, 4.69) is 63.5 Å². The molecule has 11 amide bonds. The lowest BCUT2D eigenvalue weighted by molar-refractivity contribution is -0.157. The first kappa shape index (κ1) is 78.3. The van der Waals surface area contributed by atoms with Crippen molar-refractivity contribution in [2.75, 3.05) is 20.2 Å². The number of aliphatic imine (C=N–C) groups is 1. The third-order valence-electron chi connectivity index (χ3n) is 17.6. The van der Waals surface area contributed by atoms with Crippen LogP contribution in [-0.2, 0) is 68.7 Å². The Bertz CT molecular complexity index is 2680. The molecule has 1 heterocycles. The van der Waals surface area contributed by atoms with Gasteiger partial charge in [0.05, 0.1) is 12.6 Å². The minimum absolute atomic E-state index is 0.0414. The summed E-state index contributed by atoms with van der Waals surface area (Å²) in [5.74, 6) is -12.7. The fourth-order valence-electron chi connectivity index (χ4n) is 10.7. The standard InChI is InChI=1S/C63H105N15O14/c1-12-33(5)46(74-55(84)43(67-11)31-39-23-18-16-19-24-39)57(86)71-41(27-22-30-68-63(65)66)53(82)70-42(28-29-45(64)80)54(83)73-48(35(7)14-3)59(88)75-47(34(6)13-2)58(87)72-44(32-79)56(85)77-50-38(10)92-62(91)49(36(8)15-4)76-61(90)51(40-25-20-17-21-26-40)78-52(81)37(9)69-60(50)89/h16,18-19,23-24,33-38,40-44,46-51,67,79H,12-15,17,20-22,25-32H2,1-11H3,(H2,64,80)(H,69,89)(H,70,82)(H,71,86)(H,72,87)(H,73,83)(H,74,84)(H,75,88)(H,76,90)(H,77,85)(H,78,81)(H4,65,66,68)/t33-,34-,35+,36-,37-,38-,41-,42+,43+,44-,46-,47-,48+,49-,50+,51-/m0/s1. The molecule has 0 unspecified atom stereocenters. The zero-order valence-corrected chi connectivity index (χ0v) is 55.4. The number of hydrogen-bond acceptors (Lipinski definition) is 16. The van der Waals surface area contributed by atoms with E-state index in [0.29, 0.717) is 32.1 Å². The summed E-state index contributed by atoms with van der Waals surface area (Å²) in [6.07, 6.45) is 3.47. The molecule has 29 nitrogen and oxygen atoms in total. The van der Waals surface area contributed by atoms with Gasteiger partial charge in [-0.05, 0) is 94.6 Å². The number of hydrogen-bond donors (Lipinski definition) is 15. The third kappa shape index (κ3) is 24.6. The highest BCUT2D eigenvalue weighted by molar-refractivity contribution is 5.99. The minimum atomic E-state index is -1.80. The molecule has 1 saturated heterocycles. The molecule has 92 heavy (non-hydrogen) atoms. The summed E-state index contributed by atoms with van der Waals surface area (Å²) in [6.45, 7) is 15.5. The van der Waals surface area contributed by atoms with E-state index >= 15 is 0 Å². The molecular formula is C63H105N15O14. The number of amides is 11. The zero-order valence-electron chi connectivity index (χ0n) is 55.4. The number of carbonyl (C=O) groups is 12. The number of nitrogens with two attached hydrogens (primary N) is 3. The number of ether oxygens (including phenoxy) is 1. The molecular weight excluding hydrogens is 1190 g/mol. The first-order valence-electron chi connectivity index (χ1n) is 32.5. The fraction of sp³-hybridized carbons (Fsp3) is 0.698. The molecule has 1 aliphatic carbocycles. The smallest absolute Gasteiger partial charge is 0.329 e. The van der Waals surface area contributed by atoms with Crippen molar-refractivity contribution in [3.8, 4) is 0 Å². The summed E-state index contributed by atoms with van der Waals surface area (Å²) in [4.78, 5) is 172. The molecule has 1 saturated carbocycles. The van der Waals surface area contributed by atoms with Crippen molar-refractivity contribution >= 4 is 76.9 Å². The SMILES string of the molecule is CC[C@@H](C)[C@@H](NC(=O)[C@@H](CCC(N)=O)NC(=O)[C@H](CCCN=C(N)N)NC(=O)[C@@H](NC(=O)[C@@H](Cc1ccccc1)NC)[C@@H](C)CC)C(=O)N[C@H](C(=O)N[C@@H](CO)C(=O)N[C@H]1C(=O)N[C@@H](C)C(=O)N[C@@H](C2CCCCC2)C(=O)N[C@@H]([C@@H](C)CC)C(=O)O[C@H]1C)[C@@H](C)CC. The quantitative estimate of drug-likeness (QED) is 0.0165. The van der Waals surface area contributed by atoms with Gasteiger partial charge in [0.15, 0.2) is 5.96 Å². The number of aliphatic hydroxyl groups excluding tert-OH is 1. The molecule has 0 spiro atoms. The van der Waals surface area contributed by atoms with E-state index in [9.17, 15) is 62.6 Å². The Labute approximate surface area is 540 Å². The Kier molecular flexibility index (Phi) is 33.6. The van der Waals surface area contributed by atoms with Crippen LogP contribution in [0.1, 0.15) is 158 Å². The van der Waals surface area contributed by atoms with Crippen LogP contribution in [0.25, 0.3) is 0 Å². The van der Waals surface area contributed by atoms with Gasteiger partial charge in [0.2, 0.25) is 65.0 Å². The zero-order chi connectivity index (χ0) is 68.9. The second kappa shape index (κ2) is 39.4. The molecule has 3 rings (SSSR count). The van der Waals surface area contributed by atoms with Crippen LogP contribution in [0, 0.1) is 29.6 Å². The predicted octanol–water partition coefficient (Wildman–Crippen LogP) is -1.29. The summed E-state index contributed by atoms with van der Waals surface area (Å²) in [7, 11) is 1.62. The van der Waals surface area contributed by atoms with E-state index in [0.717, 1.165) is 24.8 Å². The molecule has 1 aromatic rings. The highest BCUT2D eigenvalue weighted by Gasteiger charge is 2.42. The maximum atomic E-state index is 14.6. The fourth-order valence-corrected chi connectivity index (χ4v) is 10.7. The number of benzene rings is 1. The topological polar surface area (TPSA) is 457 Å². The summed E-state index contributed by atoms with van der Waals surface area (Å²) in [6, 6.07) is -5.42. The summed E-state index contributed by atoms with van der Waals surface area (Å²) < 4.78 is 5.79. The van der Waals surface area contributed by atoms with Crippen molar-refractivity contribution in [3.05, 3.63) is 35.9 Å². The number of rotatable bonds is 34. The van der Waals surface area contributed by atoms with Crippen molar-refractivity contribution in [3.63, 3.8) is 0 Å². The number of nitrogens with one attached hydrogen (secondary N) is 11. The average Bonchev–Trinajstić information content (AvgIpc) is 1.59. The van der Waals surface area contributed by atoms with Gasteiger partial charge >= 0.3 is 5.97 Å². The second-order valence-corrected chi connectivity index (χ2v) is 24.6. The number of guanidine groups is 1. The number of nitrogens with zero attached hydrogens (tertiary/aromatic N) is 1. The lowest BCUT2D eigenvalue weighted by Crippen LogP contribution is -2.63. The third-order valence-corrected chi connectivity index (χ3v) is 17.6. The van der Waals surface area contributed by atoms with Gasteiger partial charge in [-0.15, -0.1) is 0 Å². The first-order chi connectivity index (χ1) is 43.5. The lowest BCUT2D eigenvalue weighted by Gasteiger charge is -2.32. The van der Waals surface area contributed by atoms with E-state index in [1.54, 1.807) is 55.5 Å². The molecule has 0 bridgehead atoms. The van der Waals surface area contributed by atoms with Gasteiger partial charge in [0.1, 0.15) is 66.5 Å². The van der Waals surface area contributed by atoms with Gasteiger partial charge in [0.25, 0.3) is 0 Å². The molecule has 516 valence electrons. The van der Waals surface area contributed by atoms with Crippen molar-refractivity contribution in [2.24, 2.45) is 51.8 Å². The van der Waals surface area contributed by atoms with Crippen LogP contribution in [0.3, 0.4) is 0 Å². The van der Waals surface area contributed by atoms with Gasteiger partial charge in [0, 0.05) is 13.0 Å². The van der Waals surface area contributed by atoms with E-state index in [1.165, 1.54) is 13.8 Å². The van der Waals surface area contributed by atoms with Crippen LogP contribution < -0.4 is 75.7 Å². The van der Waals surface area contributed by atoms with Crippen LogP contribution in [-0.4, -0.2) is 175 Å². The molecule has 0 aromatic heterocycles. The molecule has 16 atom stereocenters. The van der Waals surface area contributed by atoms with Gasteiger partial charge in [-0.2, -0.15) is 0 Å². The normalized spacial score (nSPS) is 21.8. The van der Waals surface area contributed by atoms with Crippen LogP contribution >= 0.6 is 0 Å². The molecule has 18 N–H and O–H groups in total. The van der Waals surface area contributed by atoms with Crippen molar-refractivity contribution in [1.29, 1.82) is 0 Å². The maximum absolute atomic E-state index is 14.6. The van der Waals surface area contributed by atoms with Crippen LogP contribution in [0.5, 0.6) is 0 Å². The number of primary amides is 1. The number of aliphatic hydroxyl groups is 1. The minimum Gasteiger partial charge on any atom is -0.458 e. The van der Waals surface area contributed by atoms with E-state index in [4.69, 9.17) is 21.9 Å². The monoisotopic (exact) mass is 1300 g/mol. The van der Waals surface area contributed by atoms with E-state index < -0.39 is 180 Å². The van der Waals surface area contributed by atoms with E-state index in [1.807, 2.05) is 37.3 Å². The number of cyclic esters (lactones) is 1. The first-order valence-corrected chi connectivity index (χ1v) is 32.5. The summed E-state index contributed by atoms with van der Waals surface area (Å²) in [5.41, 5.74) is 17.5. The Morgan fingerprint density at radius 3 is 1.62 bits per heavy atom. The molecule has 1 aromatic carbocycles. The number of esters is 1. The Balaban J connectivity index is 1.91. The van der Waals surface area contributed by atoms with Crippen molar-refractivity contribution < 1.29 is 67.4 Å². The highest BCUT2D eigenvalue weighted by atomic mass is 16.5. The van der Waals surface area contributed by atoms with Gasteiger partial charge in [-0.3, -0.25) is 57.7 Å². The largest absolute Gasteiger partial charge is 0.458 e. The molecule has 2 fully saturated rings. The molecule has 29 heteroatoms. The lowest BCUT2D eigenvalue weighted by atomic mass is 9.83. The van der Waals surface area contributed by atoms with Gasteiger partial charge < -0.3 is 85.5 Å². The second-order valence-electron chi connectivity index (χ2n) is 24.6. The average molecular weight is 1300 g/mol. The summed E-state index contributed by atoms with van der Waals surface area (Å²) in [5, 5.41) is 40.2.